The Bertz CT molecular complexity index is 449. The van der Waals surface area contributed by atoms with Crippen LogP contribution in [0.1, 0.15) is 64.2 Å². The second-order valence-corrected chi connectivity index (χ2v) is 6.61. The van der Waals surface area contributed by atoms with Crippen molar-refractivity contribution in [3.8, 4) is 0 Å². The Kier molecular flexibility index (Phi) is 5.01. The van der Waals surface area contributed by atoms with Crippen LogP contribution < -0.4 is 5.73 Å². The minimum atomic E-state index is -0.432. The summed E-state index contributed by atoms with van der Waals surface area (Å²) >= 11 is 0. The van der Waals surface area contributed by atoms with E-state index in [1.54, 1.807) is 7.11 Å². The Balaban J connectivity index is 2.19. The van der Waals surface area contributed by atoms with E-state index in [0.717, 1.165) is 25.7 Å². The van der Waals surface area contributed by atoms with Gasteiger partial charge in [-0.3, -0.25) is 0 Å². The molecular weight excluding hydrogens is 270 g/mol. The van der Waals surface area contributed by atoms with Crippen LogP contribution in [-0.4, -0.2) is 30.5 Å². The molecule has 2 rings (SSSR count). The third kappa shape index (κ3) is 3.62. The fourth-order valence-corrected chi connectivity index (χ4v) is 2.86. The van der Waals surface area contributed by atoms with Crippen molar-refractivity contribution < 1.29 is 14.0 Å². The van der Waals surface area contributed by atoms with E-state index in [4.69, 9.17) is 19.7 Å². The molecule has 1 aromatic rings. The van der Waals surface area contributed by atoms with Gasteiger partial charge < -0.3 is 19.7 Å². The maximum atomic E-state index is 6.05. The van der Waals surface area contributed by atoms with E-state index < -0.39 is 11.6 Å². The highest BCUT2D eigenvalue weighted by atomic mass is 16.5. The molecule has 1 unspecified atom stereocenters. The van der Waals surface area contributed by atoms with Gasteiger partial charge in [-0.25, -0.2) is 0 Å². The second-order valence-electron chi connectivity index (χ2n) is 6.61. The number of nitrogens with zero attached hydrogens (tertiary/aromatic N) is 2. The number of ether oxygens (including phenoxy) is 2. The van der Waals surface area contributed by atoms with Crippen LogP contribution in [0.3, 0.4) is 0 Å². The molecule has 120 valence electrons. The van der Waals surface area contributed by atoms with Crippen molar-refractivity contribution in [2.45, 2.75) is 58.1 Å². The summed E-state index contributed by atoms with van der Waals surface area (Å²) in [4.78, 5) is 4.48. The summed E-state index contributed by atoms with van der Waals surface area (Å²) in [6, 6.07) is -0.394. The number of aromatic nitrogens is 2. The predicted molar refractivity (Wildman–Crippen MR) is 78.7 cm³/mol. The molecule has 21 heavy (non-hydrogen) atoms. The highest BCUT2D eigenvalue weighted by molar-refractivity contribution is 5.06. The second kappa shape index (κ2) is 6.42. The number of methoxy groups -OCH3 is 1. The molecule has 0 aromatic carbocycles. The Morgan fingerprint density at radius 3 is 2.52 bits per heavy atom. The molecule has 1 saturated carbocycles. The van der Waals surface area contributed by atoms with Gasteiger partial charge in [0, 0.05) is 13.7 Å². The van der Waals surface area contributed by atoms with Gasteiger partial charge in [0.15, 0.2) is 0 Å². The van der Waals surface area contributed by atoms with E-state index >= 15 is 0 Å². The lowest BCUT2D eigenvalue weighted by molar-refractivity contribution is -0.0957. The maximum Gasteiger partial charge on any atom is 0.246 e. The summed E-state index contributed by atoms with van der Waals surface area (Å²) in [6.07, 6.45) is 3.99. The highest BCUT2D eigenvalue weighted by Crippen LogP contribution is 2.46. The van der Waals surface area contributed by atoms with Gasteiger partial charge in [0.05, 0.1) is 6.61 Å². The van der Waals surface area contributed by atoms with Crippen LogP contribution >= 0.6 is 0 Å². The van der Waals surface area contributed by atoms with Gasteiger partial charge >= 0.3 is 0 Å². The van der Waals surface area contributed by atoms with E-state index in [1.165, 1.54) is 0 Å². The summed E-state index contributed by atoms with van der Waals surface area (Å²) in [5, 5.41) is 4.14. The third-order valence-electron chi connectivity index (χ3n) is 4.34. The molecule has 6 nitrogen and oxygen atoms in total. The summed E-state index contributed by atoms with van der Waals surface area (Å²) in [5.41, 5.74) is 5.86. The molecule has 0 aliphatic heterocycles. The molecule has 6 heteroatoms. The van der Waals surface area contributed by atoms with E-state index in [2.05, 4.69) is 24.0 Å². The molecule has 0 saturated heterocycles. The molecule has 2 N–H and O–H groups in total. The van der Waals surface area contributed by atoms with Gasteiger partial charge in [0.2, 0.25) is 11.7 Å². The molecular formula is C15H27N3O3. The summed E-state index contributed by atoms with van der Waals surface area (Å²) in [6.45, 7) is 7.57. The van der Waals surface area contributed by atoms with Crippen molar-refractivity contribution in [1.82, 2.24) is 10.1 Å². The molecule has 1 atom stereocenters. The first-order valence-corrected chi connectivity index (χ1v) is 7.65. The Hall–Kier alpha value is -0.980. The number of hydrogen-bond acceptors (Lipinski definition) is 6. The zero-order valence-electron chi connectivity index (χ0n) is 13.5. The van der Waals surface area contributed by atoms with Crippen molar-refractivity contribution in [3.05, 3.63) is 11.7 Å². The zero-order chi connectivity index (χ0) is 15.5. The van der Waals surface area contributed by atoms with Crippen LogP contribution in [0.2, 0.25) is 0 Å². The van der Waals surface area contributed by atoms with Gasteiger partial charge in [-0.15, -0.1) is 0 Å². The number of rotatable bonds is 6. The fourth-order valence-electron chi connectivity index (χ4n) is 2.86. The monoisotopic (exact) mass is 297 g/mol. The minimum absolute atomic E-state index is 0.347. The molecule has 1 aromatic heterocycles. The zero-order valence-corrected chi connectivity index (χ0v) is 13.5. The van der Waals surface area contributed by atoms with Crippen molar-refractivity contribution in [1.29, 1.82) is 0 Å². The van der Waals surface area contributed by atoms with Gasteiger partial charge in [-0.05, 0) is 38.0 Å². The van der Waals surface area contributed by atoms with E-state index in [-0.39, 0.29) is 0 Å². The smallest absolute Gasteiger partial charge is 0.246 e. The van der Waals surface area contributed by atoms with E-state index in [0.29, 0.717) is 30.3 Å². The normalized spacial score (nSPS) is 22.1. The highest BCUT2D eigenvalue weighted by Gasteiger charge is 2.44. The van der Waals surface area contributed by atoms with Crippen LogP contribution in [0.25, 0.3) is 0 Å². The fraction of sp³-hybridized carbons (Fsp3) is 0.867. The first-order valence-electron chi connectivity index (χ1n) is 7.65. The van der Waals surface area contributed by atoms with Crippen LogP contribution in [0.5, 0.6) is 0 Å². The molecule has 0 bridgehead atoms. The maximum absolute atomic E-state index is 6.05. The standard InChI is InChI=1S/C15H27N3O3/c1-5-20-15(8-6-14(2,3)7-9-15)13-17-12(21-18-13)11(16)10-19-4/h11H,5-10,16H2,1-4H3. The van der Waals surface area contributed by atoms with Crippen molar-refractivity contribution in [3.63, 3.8) is 0 Å². The third-order valence-corrected chi connectivity index (χ3v) is 4.34. The quantitative estimate of drug-likeness (QED) is 0.868. The summed E-state index contributed by atoms with van der Waals surface area (Å²) in [5.74, 6) is 1.04. The number of nitrogens with two attached hydrogens (primary N) is 1. The van der Waals surface area contributed by atoms with Crippen molar-refractivity contribution >= 4 is 0 Å². The van der Waals surface area contributed by atoms with Gasteiger partial charge in [0.1, 0.15) is 11.6 Å². The Morgan fingerprint density at radius 1 is 1.29 bits per heavy atom. The van der Waals surface area contributed by atoms with Crippen molar-refractivity contribution in [2.75, 3.05) is 20.3 Å². The van der Waals surface area contributed by atoms with Gasteiger partial charge in [-0.2, -0.15) is 4.98 Å². The Morgan fingerprint density at radius 2 is 1.95 bits per heavy atom. The van der Waals surface area contributed by atoms with Gasteiger partial charge in [0.25, 0.3) is 0 Å². The molecule has 1 aliphatic carbocycles. The minimum Gasteiger partial charge on any atom is -0.383 e. The topological polar surface area (TPSA) is 83.4 Å². The number of hydrogen-bond donors (Lipinski definition) is 1. The first-order chi connectivity index (χ1) is 9.92. The summed E-state index contributed by atoms with van der Waals surface area (Å²) in [7, 11) is 1.60. The molecule has 0 radical (unpaired) electrons. The van der Waals surface area contributed by atoms with Crippen LogP contribution in [0.4, 0.5) is 0 Å². The predicted octanol–water partition coefficient (Wildman–Crippen LogP) is 2.55. The Labute approximate surface area is 126 Å². The molecule has 1 heterocycles. The average molecular weight is 297 g/mol. The lowest BCUT2D eigenvalue weighted by Crippen LogP contribution is -2.38. The molecule has 1 fully saturated rings. The molecule has 0 amide bonds. The first kappa shape index (κ1) is 16.4. The van der Waals surface area contributed by atoms with Crippen LogP contribution in [0, 0.1) is 5.41 Å². The summed E-state index contributed by atoms with van der Waals surface area (Å²) < 4.78 is 16.4. The molecule has 1 aliphatic rings. The lowest BCUT2D eigenvalue weighted by atomic mass is 9.70. The SMILES string of the molecule is CCOC1(c2noc(C(N)COC)n2)CCC(C)(C)CC1. The van der Waals surface area contributed by atoms with Crippen LogP contribution in [-0.2, 0) is 15.1 Å². The molecule has 0 spiro atoms. The largest absolute Gasteiger partial charge is 0.383 e. The van der Waals surface area contributed by atoms with Crippen molar-refractivity contribution in [2.24, 2.45) is 11.1 Å². The lowest BCUT2D eigenvalue weighted by Gasteiger charge is -2.41. The van der Waals surface area contributed by atoms with Gasteiger partial charge in [-0.1, -0.05) is 19.0 Å². The van der Waals surface area contributed by atoms with E-state index in [1.807, 2.05) is 6.92 Å². The average Bonchev–Trinajstić information content (AvgIpc) is 2.92. The van der Waals surface area contributed by atoms with E-state index in [9.17, 15) is 0 Å². The van der Waals surface area contributed by atoms with Crippen LogP contribution in [0.15, 0.2) is 4.52 Å².